The summed E-state index contributed by atoms with van der Waals surface area (Å²) in [6, 6.07) is 4.96. The van der Waals surface area contributed by atoms with Gasteiger partial charge in [-0.1, -0.05) is 13.3 Å². The van der Waals surface area contributed by atoms with E-state index in [0.29, 0.717) is 29.7 Å². The van der Waals surface area contributed by atoms with Crippen LogP contribution in [0.5, 0.6) is 5.75 Å². The number of hydrogen-bond acceptors (Lipinski definition) is 3. The molecule has 0 unspecified atom stereocenters. The SMILES string of the molecule is CCCc1cnc(-c2ccc(OCC3CC[CH]CC3)c(F)c2)nc1. The minimum absolute atomic E-state index is 0.316. The van der Waals surface area contributed by atoms with E-state index in [-0.39, 0.29) is 5.82 Å². The Hall–Kier alpha value is -1.97. The smallest absolute Gasteiger partial charge is 0.165 e. The maximum Gasteiger partial charge on any atom is 0.165 e. The van der Waals surface area contributed by atoms with Gasteiger partial charge in [0.1, 0.15) is 0 Å². The zero-order valence-electron chi connectivity index (χ0n) is 14.2. The zero-order chi connectivity index (χ0) is 16.8. The molecule has 1 aliphatic rings. The highest BCUT2D eigenvalue weighted by Crippen LogP contribution is 2.27. The van der Waals surface area contributed by atoms with E-state index in [1.165, 1.54) is 6.07 Å². The average Bonchev–Trinajstić information content (AvgIpc) is 2.62. The third kappa shape index (κ3) is 4.31. The molecular weight excluding hydrogens is 303 g/mol. The second-order valence-electron chi connectivity index (χ2n) is 6.43. The van der Waals surface area contributed by atoms with Gasteiger partial charge >= 0.3 is 0 Å². The van der Waals surface area contributed by atoms with Crippen LogP contribution in [0.15, 0.2) is 30.6 Å². The average molecular weight is 327 g/mol. The third-order valence-electron chi connectivity index (χ3n) is 4.47. The molecule has 3 nitrogen and oxygen atoms in total. The van der Waals surface area contributed by atoms with Gasteiger partial charge in [-0.05, 0) is 68.2 Å². The predicted molar refractivity (Wildman–Crippen MR) is 93.2 cm³/mol. The molecule has 1 heterocycles. The molecule has 1 aromatic heterocycles. The summed E-state index contributed by atoms with van der Waals surface area (Å²) in [7, 11) is 0. The number of aromatic nitrogens is 2. The molecule has 4 heteroatoms. The van der Waals surface area contributed by atoms with E-state index >= 15 is 0 Å². The van der Waals surface area contributed by atoms with Crippen LogP contribution in [0.25, 0.3) is 11.4 Å². The molecule has 0 spiro atoms. The van der Waals surface area contributed by atoms with Crippen LogP contribution in [0.4, 0.5) is 4.39 Å². The van der Waals surface area contributed by atoms with E-state index in [1.807, 2.05) is 18.5 Å². The maximum atomic E-state index is 14.3. The number of halogens is 1. The third-order valence-corrected chi connectivity index (χ3v) is 4.47. The molecule has 0 aliphatic heterocycles. The lowest BCUT2D eigenvalue weighted by atomic mass is 9.90. The van der Waals surface area contributed by atoms with Crippen LogP contribution >= 0.6 is 0 Å². The standard InChI is InChI=1S/C20H24FN2O/c1-2-6-16-12-22-20(23-13-16)17-9-10-19(18(21)11-17)24-14-15-7-4-3-5-8-15/h3,9-13,15H,2,4-8,14H2,1H3. The molecule has 3 rings (SSSR count). The van der Waals surface area contributed by atoms with Crippen molar-refractivity contribution in [1.29, 1.82) is 0 Å². The monoisotopic (exact) mass is 327 g/mol. The Morgan fingerprint density at radius 1 is 1.17 bits per heavy atom. The van der Waals surface area contributed by atoms with Gasteiger partial charge in [0.05, 0.1) is 6.61 Å². The largest absolute Gasteiger partial charge is 0.490 e. The summed E-state index contributed by atoms with van der Waals surface area (Å²) in [5.41, 5.74) is 1.78. The van der Waals surface area contributed by atoms with Gasteiger partial charge in [-0.25, -0.2) is 14.4 Å². The summed E-state index contributed by atoms with van der Waals surface area (Å²) in [6.07, 6.45) is 12.5. The molecule has 0 saturated heterocycles. The Morgan fingerprint density at radius 2 is 1.92 bits per heavy atom. The molecule has 1 fully saturated rings. The first-order valence-corrected chi connectivity index (χ1v) is 8.81. The molecule has 1 saturated carbocycles. The van der Waals surface area contributed by atoms with Crippen LogP contribution in [-0.4, -0.2) is 16.6 Å². The number of hydrogen-bond donors (Lipinski definition) is 0. The summed E-state index contributed by atoms with van der Waals surface area (Å²) >= 11 is 0. The first-order valence-electron chi connectivity index (χ1n) is 8.81. The zero-order valence-corrected chi connectivity index (χ0v) is 14.2. The maximum absolute atomic E-state index is 14.3. The van der Waals surface area contributed by atoms with Gasteiger partial charge < -0.3 is 4.74 Å². The van der Waals surface area contributed by atoms with Crippen LogP contribution < -0.4 is 4.74 Å². The van der Waals surface area contributed by atoms with Crippen molar-refractivity contribution >= 4 is 0 Å². The Morgan fingerprint density at radius 3 is 2.58 bits per heavy atom. The summed E-state index contributed by atoms with van der Waals surface area (Å²) < 4.78 is 20.0. The lowest BCUT2D eigenvalue weighted by Gasteiger charge is -2.21. The quantitative estimate of drug-likeness (QED) is 0.748. The summed E-state index contributed by atoms with van der Waals surface area (Å²) in [5.74, 6) is 1.04. The lowest BCUT2D eigenvalue weighted by molar-refractivity contribution is 0.213. The number of ether oxygens (including phenoxy) is 1. The van der Waals surface area contributed by atoms with E-state index in [0.717, 1.165) is 44.1 Å². The number of aryl methyl sites for hydroxylation is 1. The topological polar surface area (TPSA) is 35.0 Å². The van der Waals surface area contributed by atoms with E-state index < -0.39 is 0 Å². The van der Waals surface area contributed by atoms with Crippen LogP contribution in [0.1, 0.15) is 44.6 Å². The Kier molecular flexibility index (Phi) is 5.78. The van der Waals surface area contributed by atoms with Crippen molar-refractivity contribution < 1.29 is 9.13 Å². The minimum atomic E-state index is -0.351. The molecule has 1 radical (unpaired) electrons. The van der Waals surface area contributed by atoms with Gasteiger partial charge in [-0.2, -0.15) is 0 Å². The van der Waals surface area contributed by atoms with Crippen molar-refractivity contribution in [2.45, 2.75) is 45.4 Å². The van der Waals surface area contributed by atoms with Crippen LogP contribution in [-0.2, 0) is 6.42 Å². The molecular formula is C20H24FN2O. The van der Waals surface area contributed by atoms with Crippen molar-refractivity contribution in [2.24, 2.45) is 5.92 Å². The highest BCUT2D eigenvalue weighted by atomic mass is 19.1. The van der Waals surface area contributed by atoms with Gasteiger partial charge in [-0.15, -0.1) is 0 Å². The van der Waals surface area contributed by atoms with E-state index in [4.69, 9.17) is 4.74 Å². The first kappa shape index (κ1) is 16.9. The van der Waals surface area contributed by atoms with Gasteiger partial charge in [0.15, 0.2) is 17.4 Å². The van der Waals surface area contributed by atoms with Crippen molar-refractivity contribution in [3.05, 3.63) is 48.4 Å². The molecule has 0 bridgehead atoms. The van der Waals surface area contributed by atoms with Crippen molar-refractivity contribution in [3.8, 4) is 17.1 Å². The number of rotatable bonds is 6. The molecule has 0 atom stereocenters. The predicted octanol–water partition coefficient (Wildman–Crippen LogP) is 5.01. The van der Waals surface area contributed by atoms with Gasteiger partial charge in [0, 0.05) is 18.0 Å². The Balaban J connectivity index is 1.65. The second-order valence-corrected chi connectivity index (χ2v) is 6.43. The normalized spacial score (nSPS) is 15.4. The fourth-order valence-electron chi connectivity index (χ4n) is 3.05. The summed E-state index contributed by atoms with van der Waals surface area (Å²) in [5, 5.41) is 0. The molecule has 0 N–H and O–H groups in total. The van der Waals surface area contributed by atoms with Crippen LogP contribution in [0.2, 0.25) is 0 Å². The fourth-order valence-corrected chi connectivity index (χ4v) is 3.05. The van der Waals surface area contributed by atoms with E-state index in [1.54, 1.807) is 6.07 Å². The van der Waals surface area contributed by atoms with Gasteiger partial charge in [0.2, 0.25) is 0 Å². The van der Waals surface area contributed by atoms with Crippen molar-refractivity contribution in [2.75, 3.05) is 6.61 Å². The van der Waals surface area contributed by atoms with Crippen LogP contribution in [0, 0.1) is 18.2 Å². The van der Waals surface area contributed by atoms with Gasteiger partial charge in [-0.3, -0.25) is 0 Å². The second kappa shape index (κ2) is 8.22. The summed E-state index contributed by atoms with van der Waals surface area (Å²) in [6.45, 7) is 2.71. The minimum Gasteiger partial charge on any atom is -0.490 e. The van der Waals surface area contributed by atoms with Crippen molar-refractivity contribution in [1.82, 2.24) is 9.97 Å². The molecule has 127 valence electrons. The molecule has 0 amide bonds. The van der Waals surface area contributed by atoms with E-state index in [2.05, 4.69) is 23.3 Å². The molecule has 1 aliphatic carbocycles. The number of nitrogens with zero attached hydrogens (tertiary/aromatic N) is 2. The Bertz CT molecular complexity index is 651. The highest BCUT2D eigenvalue weighted by molar-refractivity contribution is 5.56. The van der Waals surface area contributed by atoms with Gasteiger partial charge in [0.25, 0.3) is 0 Å². The lowest BCUT2D eigenvalue weighted by Crippen LogP contribution is -2.15. The molecule has 24 heavy (non-hydrogen) atoms. The van der Waals surface area contributed by atoms with E-state index in [9.17, 15) is 4.39 Å². The van der Waals surface area contributed by atoms with Crippen LogP contribution in [0.3, 0.4) is 0 Å². The summed E-state index contributed by atoms with van der Waals surface area (Å²) in [4.78, 5) is 8.67. The molecule has 1 aromatic carbocycles. The fraction of sp³-hybridized carbons (Fsp3) is 0.450. The number of benzene rings is 1. The Labute approximate surface area is 143 Å². The highest BCUT2D eigenvalue weighted by Gasteiger charge is 2.15. The molecule has 2 aromatic rings. The first-order chi connectivity index (χ1) is 11.8. The van der Waals surface area contributed by atoms with Crippen molar-refractivity contribution in [3.63, 3.8) is 0 Å².